The molecule has 0 amide bonds. The Hall–Kier alpha value is -1.84. The lowest BCUT2D eigenvalue weighted by atomic mass is 9.44. The van der Waals surface area contributed by atoms with Gasteiger partial charge in [-0.15, -0.1) is 0 Å². The summed E-state index contributed by atoms with van der Waals surface area (Å²) in [5.41, 5.74) is 3.45. The van der Waals surface area contributed by atoms with Gasteiger partial charge in [0.25, 0.3) is 0 Å². The molecule has 0 heterocycles. The van der Waals surface area contributed by atoms with Gasteiger partial charge in [0, 0.05) is 12.0 Å². The highest BCUT2D eigenvalue weighted by Gasteiger charge is 2.63. The van der Waals surface area contributed by atoms with Crippen LogP contribution in [0.4, 0.5) is 0 Å². The number of hydrogen-bond donors (Lipinski definition) is 2. The van der Waals surface area contributed by atoms with E-state index in [2.05, 4.69) is 47.3 Å². The summed E-state index contributed by atoms with van der Waals surface area (Å²) in [5, 5.41) is 18.6. The molecule has 2 N–H and O–H groups in total. The van der Waals surface area contributed by atoms with Gasteiger partial charge in [0.05, 0.1) is 0 Å². The fourth-order valence-electron chi connectivity index (χ4n) is 8.44. The maximum absolute atomic E-state index is 11.5. The minimum absolute atomic E-state index is 0.125. The molecule has 7 unspecified atom stereocenters. The molecule has 0 spiro atoms. The molecule has 4 nitrogen and oxygen atoms in total. The molecule has 0 saturated heterocycles. The third-order valence-electron chi connectivity index (χ3n) is 10.7. The Morgan fingerprint density at radius 2 is 1.82 bits per heavy atom. The van der Waals surface area contributed by atoms with Gasteiger partial charge in [0.2, 0.25) is 0 Å². The molecule has 4 heteroatoms. The van der Waals surface area contributed by atoms with E-state index in [1.54, 1.807) is 6.92 Å². The van der Waals surface area contributed by atoms with Crippen LogP contribution in [-0.2, 0) is 9.59 Å². The zero-order valence-corrected chi connectivity index (χ0v) is 22.2. The van der Waals surface area contributed by atoms with E-state index >= 15 is 0 Å². The fourth-order valence-corrected chi connectivity index (χ4v) is 8.44. The van der Waals surface area contributed by atoms with Crippen LogP contribution in [0.5, 0.6) is 0 Å². The second kappa shape index (κ2) is 9.66. The number of carboxylic acids is 2. The largest absolute Gasteiger partial charge is 0.481 e. The molecule has 34 heavy (non-hydrogen) atoms. The third kappa shape index (κ3) is 4.42. The Balaban J connectivity index is 1.89. The predicted octanol–water partition coefficient (Wildman–Crippen LogP) is 7.66. The number of rotatable bonds is 9. The molecule has 0 aromatic carbocycles. The molecule has 0 aromatic heterocycles. The topological polar surface area (TPSA) is 74.6 Å². The van der Waals surface area contributed by atoms with Gasteiger partial charge >= 0.3 is 11.9 Å². The normalized spacial score (nSPS) is 38.5. The molecule has 0 bridgehead atoms. The summed E-state index contributed by atoms with van der Waals surface area (Å²) in [4.78, 5) is 22.7. The molecule has 0 aliphatic heterocycles. The van der Waals surface area contributed by atoms with E-state index in [1.807, 2.05) is 6.08 Å². The van der Waals surface area contributed by atoms with Gasteiger partial charge in [-0.25, -0.2) is 4.79 Å². The smallest absolute Gasteiger partial charge is 0.330 e. The van der Waals surface area contributed by atoms with Crippen molar-refractivity contribution in [2.45, 2.75) is 99.3 Å². The molecule has 7 atom stereocenters. The molecule has 2 saturated carbocycles. The first-order valence-corrected chi connectivity index (χ1v) is 13.3. The summed E-state index contributed by atoms with van der Waals surface area (Å²) in [6.45, 7) is 17.8. The van der Waals surface area contributed by atoms with E-state index < -0.39 is 11.9 Å². The first-order valence-electron chi connectivity index (χ1n) is 13.3. The number of hydrogen-bond acceptors (Lipinski definition) is 2. The lowest BCUT2D eigenvalue weighted by Gasteiger charge is -2.60. The van der Waals surface area contributed by atoms with Crippen molar-refractivity contribution in [1.29, 1.82) is 0 Å². The fraction of sp³-hybridized carbons (Fsp3) is 0.733. The highest BCUT2D eigenvalue weighted by molar-refractivity contribution is 5.85. The third-order valence-corrected chi connectivity index (χ3v) is 10.7. The maximum Gasteiger partial charge on any atom is 0.330 e. The monoisotopic (exact) mass is 470 g/mol. The van der Waals surface area contributed by atoms with Crippen LogP contribution in [0.1, 0.15) is 99.3 Å². The summed E-state index contributed by atoms with van der Waals surface area (Å²) in [6.07, 6.45) is 12.9. The molecule has 0 aromatic rings. The van der Waals surface area contributed by atoms with Gasteiger partial charge in [0.1, 0.15) is 0 Å². The summed E-state index contributed by atoms with van der Waals surface area (Å²) < 4.78 is 0. The summed E-state index contributed by atoms with van der Waals surface area (Å²) in [5.74, 6) is 0.491. The van der Waals surface area contributed by atoms with Gasteiger partial charge < -0.3 is 10.2 Å². The molecule has 190 valence electrons. The highest BCUT2D eigenvalue weighted by Crippen LogP contribution is 2.71. The van der Waals surface area contributed by atoms with Crippen molar-refractivity contribution in [3.05, 3.63) is 35.5 Å². The number of aliphatic carboxylic acids is 2. The molecule has 0 radical (unpaired) electrons. The molecule has 3 aliphatic rings. The Labute approximate surface area is 206 Å². The van der Waals surface area contributed by atoms with Crippen LogP contribution in [0.25, 0.3) is 0 Å². The second-order valence-corrected chi connectivity index (χ2v) is 12.4. The van der Waals surface area contributed by atoms with Gasteiger partial charge in [-0.2, -0.15) is 0 Å². The van der Waals surface area contributed by atoms with Crippen LogP contribution in [0.15, 0.2) is 35.5 Å². The molecule has 3 rings (SSSR count). The van der Waals surface area contributed by atoms with Crippen LogP contribution in [0.2, 0.25) is 0 Å². The van der Waals surface area contributed by atoms with E-state index in [-0.39, 0.29) is 22.7 Å². The second-order valence-electron chi connectivity index (χ2n) is 12.4. The van der Waals surface area contributed by atoms with E-state index in [9.17, 15) is 14.7 Å². The lowest BCUT2D eigenvalue weighted by molar-refractivity contribution is -0.138. The van der Waals surface area contributed by atoms with Crippen molar-refractivity contribution in [3.8, 4) is 0 Å². The summed E-state index contributed by atoms with van der Waals surface area (Å²) in [6, 6.07) is 0. The zero-order valence-electron chi connectivity index (χ0n) is 22.2. The maximum atomic E-state index is 11.5. The van der Waals surface area contributed by atoms with Crippen LogP contribution in [0, 0.1) is 39.9 Å². The highest BCUT2D eigenvalue weighted by atomic mass is 16.4. The molecule has 3 aliphatic carbocycles. The van der Waals surface area contributed by atoms with Crippen molar-refractivity contribution < 1.29 is 19.8 Å². The van der Waals surface area contributed by atoms with Crippen molar-refractivity contribution >= 4 is 11.9 Å². The van der Waals surface area contributed by atoms with E-state index in [1.165, 1.54) is 30.4 Å². The van der Waals surface area contributed by atoms with Crippen molar-refractivity contribution in [3.63, 3.8) is 0 Å². The summed E-state index contributed by atoms with van der Waals surface area (Å²) in [7, 11) is 0. The first kappa shape index (κ1) is 26.8. The SMILES string of the molecule is C=C(C)C1CCC2C(=CCC3(C)C(C(C)CCC=C(C)C(=O)O)CCC23C)C1(C)CCC(=O)O. The number of carbonyl (C=O) groups is 2. The van der Waals surface area contributed by atoms with Crippen LogP contribution < -0.4 is 0 Å². The minimum Gasteiger partial charge on any atom is -0.481 e. The average Bonchev–Trinajstić information content (AvgIpc) is 3.03. The Bertz CT molecular complexity index is 897. The van der Waals surface area contributed by atoms with Gasteiger partial charge in [-0.1, -0.05) is 57.6 Å². The van der Waals surface area contributed by atoms with Gasteiger partial charge in [0.15, 0.2) is 0 Å². The van der Waals surface area contributed by atoms with E-state index in [0.29, 0.717) is 35.7 Å². The van der Waals surface area contributed by atoms with Crippen molar-refractivity contribution in [2.75, 3.05) is 0 Å². The average molecular weight is 471 g/mol. The van der Waals surface area contributed by atoms with Crippen LogP contribution in [0.3, 0.4) is 0 Å². The predicted molar refractivity (Wildman–Crippen MR) is 137 cm³/mol. The van der Waals surface area contributed by atoms with Gasteiger partial charge in [-0.3, -0.25) is 4.79 Å². The standard InChI is InChI=1S/C30H46O4/c1-19(2)22-11-12-25-24(28(22,5)16-15-26(31)32)14-18-29(6)23(13-17-30(25,29)7)20(3)9-8-10-21(4)27(33)34/h10,14,20,22-23,25H,1,8-9,11-13,15-18H2,2-7H3,(H,31,32)(H,33,34). The quantitative estimate of drug-likeness (QED) is 0.268. The van der Waals surface area contributed by atoms with E-state index in [4.69, 9.17) is 5.11 Å². The Morgan fingerprint density at radius 1 is 1.15 bits per heavy atom. The first-order chi connectivity index (χ1) is 15.8. The Kier molecular flexibility index (Phi) is 7.60. The number of fused-ring (bicyclic) bond motifs is 3. The Morgan fingerprint density at radius 3 is 2.41 bits per heavy atom. The molecular weight excluding hydrogens is 424 g/mol. The zero-order chi connectivity index (χ0) is 25.5. The van der Waals surface area contributed by atoms with Crippen LogP contribution >= 0.6 is 0 Å². The summed E-state index contributed by atoms with van der Waals surface area (Å²) >= 11 is 0. The van der Waals surface area contributed by atoms with E-state index in [0.717, 1.165) is 25.7 Å². The van der Waals surface area contributed by atoms with Gasteiger partial charge in [-0.05, 0) is 105 Å². The van der Waals surface area contributed by atoms with Crippen molar-refractivity contribution in [2.24, 2.45) is 39.9 Å². The minimum atomic E-state index is -0.825. The number of allylic oxidation sites excluding steroid dienone is 4. The molecular formula is C30H46O4. The van der Waals surface area contributed by atoms with Crippen LogP contribution in [-0.4, -0.2) is 22.2 Å². The van der Waals surface area contributed by atoms with Crippen molar-refractivity contribution in [1.82, 2.24) is 0 Å². The molecule has 2 fully saturated rings. The number of carboxylic acid groups (broad SMARTS) is 2. The lowest BCUT2D eigenvalue weighted by Crippen LogP contribution is -2.52.